The summed E-state index contributed by atoms with van der Waals surface area (Å²) in [6.07, 6.45) is 0. The quantitative estimate of drug-likeness (QED) is 0.572. The average Bonchev–Trinajstić information content (AvgIpc) is 2.84. The maximum atomic E-state index is 13.0. The Morgan fingerprint density at radius 3 is 2.18 bits per heavy atom. The van der Waals surface area contributed by atoms with Gasteiger partial charge < -0.3 is 15.0 Å². The summed E-state index contributed by atoms with van der Waals surface area (Å²) in [5.74, 6) is 0.203. The third kappa shape index (κ3) is 5.03. The minimum Gasteiger partial charge on any atom is -0.493 e. The number of anilines is 1. The molecular weight excluding hydrogens is 438 g/mol. The van der Waals surface area contributed by atoms with E-state index in [4.69, 9.17) is 4.74 Å². The first-order valence-corrected chi connectivity index (χ1v) is 12.7. The summed E-state index contributed by atoms with van der Waals surface area (Å²) in [4.78, 5) is 15.5. The van der Waals surface area contributed by atoms with Gasteiger partial charge in [0.25, 0.3) is 5.91 Å². The molecule has 3 aromatic carbocycles. The van der Waals surface area contributed by atoms with Crippen molar-refractivity contribution in [2.45, 2.75) is 18.7 Å². The Balaban J connectivity index is 1.51. The van der Waals surface area contributed by atoms with Gasteiger partial charge >= 0.3 is 0 Å². The van der Waals surface area contributed by atoms with Crippen LogP contribution in [-0.4, -0.2) is 62.9 Å². The molecular formula is C25H29N3O4S. The fraction of sp³-hybridized carbons (Fsp3) is 0.320. The highest BCUT2D eigenvalue weighted by atomic mass is 32.2. The number of rotatable bonds is 7. The Bertz CT molecular complexity index is 1230. The topological polar surface area (TPSA) is 78.9 Å². The number of benzene rings is 3. The van der Waals surface area contributed by atoms with Gasteiger partial charge in [0.05, 0.1) is 17.1 Å². The molecule has 1 aliphatic rings. The molecule has 0 aliphatic carbocycles. The number of fused-ring (bicyclic) bond motifs is 1. The number of hydrogen-bond acceptors (Lipinski definition) is 5. The van der Waals surface area contributed by atoms with Crippen molar-refractivity contribution in [2.75, 3.05) is 44.6 Å². The van der Waals surface area contributed by atoms with Crippen LogP contribution in [-0.2, 0) is 10.0 Å². The molecule has 0 bridgehead atoms. The lowest BCUT2D eigenvalue weighted by atomic mass is 10.1. The number of ether oxygens (including phenoxy) is 1. The van der Waals surface area contributed by atoms with E-state index in [9.17, 15) is 13.2 Å². The number of nitrogens with zero attached hydrogens (tertiary/aromatic N) is 2. The Labute approximate surface area is 195 Å². The van der Waals surface area contributed by atoms with Gasteiger partial charge in [-0.1, -0.05) is 31.2 Å². The molecule has 0 spiro atoms. The number of carbonyl (C=O) groups is 1. The van der Waals surface area contributed by atoms with Crippen LogP contribution < -0.4 is 10.1 Å². The molecule has 0 saturated carbocycles. The molecule has 1 N–H and O–H groups in total. The van der Waals surface area contributed by atoms with Crippen molar-refractivity contribution in [1.29, 1.82) is 0 Å². The van der Waals surface area contributed by atoms with E-state index in [1.54, 1.807) is 24.3 Å². The molecule has 0 atom stereocenters. The van der Waals surface area contributed by atoms with Gasteiger partial charge in [0.2, 0.25) is 10.0 Å². The molecule has 1 amide bonds. The smallest absolute Gasteiger partial charge is 0.259 e. The van der Waals surface area contributed by atoms with E-state index in [1.807, 2.05) is 43.3 Å². The molecule has 4 rings (SSSR count). The lowest BCUT2D eigenvalue weighted by molar-refractivity contribution is 0.102. The molecule has 7 nitrogen and oxygen atoms in total. The Morgan fingerprint density at radius 1 is 0.939 bits per heavy atom. The van der Waals surface area contributed by atoms with E-state index >= 15 is 0 Å². The van der Waals surface area contributed by atoms with Crippen LogP contribution in [0.1, 0.15) is 24.2 Å². The zero-order valence-corrected chi connectivity index (χ0v) is 19.8. The number of hydrogen-bond donors (Lipinski definition) is 1. The van der Waals surface area contributed by atoms with Gasteiger partial charge in [0.15, 0.2) is 0 Å². The number of likely N-dealkylation sites (N-methyl/N-ethyl adjacent to an activating group) is 1. The van der Waals surface area contributed by atoms with Crippen LogP contribution in [0, 0.1) is 0 Å². The average molecular weight is 468 g/mol. The number of carbonyl (C=O) groups excluding carboxylic acids is 1. The predicted octanol–water partition coefficient (Wildman–Crippen LogP) is 3.82. The van der Waals surface area contributed by atoms with Gasteiger partial charge in [-0.25, -0.2) is 8.42 Å². The van der Waals surface area contributed by atoms with E-state index in [2.05, 4.69) is 17.1 Å². The summed E-state index contributed by atoms with van der Waals surface area (Å²) >= 11 is 0. The van der Waals surface area contributed by atoms with Gasteiger partial charge in [-0.2, -0.15) is 4.31 Å². The van der Waals surface area contributed by atoms with E-state index in [-0.39, 0.29) is 10.8 Å². The normalized spacial score (nSPS) is 15.5. The van der Waals surface area contributed by atoms with Crippen LogP contribution in [0.15, 0.2) is 65.6 Å². The largest absolute Gasteiger partial charge is 0.493 e. The van der Waals surface area contributed by atoms with E-state index in [0.29, 0.717) is 36.7 Å². The van der Waals surface area contributed by atoms with Crippen molar-refractivity contribution in [3.05, 3.63) is 66.2 Å². The highest BCUT2D eigenvalue weighted by Gasteiger charge is 2.28. The molecule has 0 aromatic heterocycles. The lowest BCUT2D eigenvalue weighted by Crippen LogP contribution is -2.48. The van der Waals surface area contributed by atoms with Crippen LogP contribution in [0.5, 0.6) is 5.75 Å². The summed E-state index contributed by atoms with van der Waals surface area (Å²) in [7, 11) is -3.56. The molecule has 174 valence electrons. The highest BCUT2D eigenvalue weighted by molar-refractivity contribution is 7.89. The molecule has 1 heterocycles. The zero-order chi connectivity index (χ0) is 23.4. The number of sulfonamides is 1. The molecule has 33 heavy (non-hydrogen) atoms. The maximum absolute atomic E-state index is 13.0. The minimum absolute atomic E-state index is 0.228. The van der Waals surface area contributed by atoms with E-state index in [0.717, 1.165) is 30.4 Å². The molecule has 0 unspecified atom stereocenters. The Morgan fingerprint density at radius 2 is 1.58 bits per heavy atom. The Hall–Kier alpha value is -2.94. The van der Waals surface area contributed by atoms with Crippen LogP contribution in [0.4, 0.5) is 5.69 Å². The van der Waals surface area contributed by atoms with Crippen molar-refractivity contribution in [3.8, 4) is 5.75 Å². The molecule has 1 fully saturated rings. The minimum atomic E-state index is -3.56. The fourth-order valence-electron chi connectivity index (χ4n) is 4.02. The first-order chi connectivity index (χ1) is 15.9. The van der Waals surface area contributed by atoms with Crippen molar-refractivity contribution >= 4 is 32.4 Å². The standard InChI is InChI=1S/C25H29N3O4S/c1-3-27-13-15-28(16-14-27)33(30,31)22-11-9-21(10-12-22)26-25(29)23-17-19-7-5-6-8-20(19)18-24(23)32-4-2/h5-12,17-18H,3-4,13-16H2,1-2H3,(H,26,29). The van der Waals surface area contributed by atoms with Crippen molar-refractivity contribution in [2.24, 2.45) is 0 Å². The van der Waals surface area contributed by atoms with Crippen molar-refractivity contribution in [1.82, 2.24) is 9.21 Å². The van der Waals surface area contributed by atoms with Crippen molar-refractivity contribution < 1.29 is 17.9 Å². The lowest BCUT2D eigenvalue weighted by Gasteiger charge is -2.33. The summed E-state index contributed by atoms with van der Waals surface area (Å²) in [5.41, 5.74) is 0.950. The van der Waals surface area contributed by atoms with Gasteiger partial charge in [0, 0.05) is 31.9 Å². The molecule has 3 aromatic rings. The van der Waals surface area contributed by atoms with Gasteiger partial charge in [-0.3, -0.25) is 4.79 Å². The summed E-state index contributed by atoms with van der Waals surface area (Å²) < 4.78 is 33.2. The summed E-state index contributed by atoms with van der Waals surface area (Å²) in [6, 6.07) is 17.8. The van der Waals surface area contributed by atoms with Crippen LogP contribution >= 0.6 is 0 Å². The van der Waals surface area contributed by atoms with E-state index in [1.165, 1.54) is 4.31 Å². The predicted molar refractivity (Wildman–Crippen MR) is 130 cm³/mol. The third-order valence-corrected chi connectivity index (χ3v) is 7.83. The zero-order valence-electron chi connectivity index (χ0n) is 19.0. The second kappa shape index (κ2) is 9.91. The van der Waals surface area contributed by atoms with E-state index < -0.39 is 10.0 Å². The second-order valence-corrected chi connectivity index (χ2v) is 9.88. The highest BCUT2D eigenvalue weighted by Crippen LogP contribution is 2.27. The van der Waals surface area contributed by atoms with Crippen LogP contribution in [0.3, 0.4) is 0 Å². The second-order valence-electron chi connectivity index (χ2n) is 7.95. The summed E-state index contributed by atoms with van der Waals surface area (Å²) in [6.45, 7) is 7.75. The molecule has 1 aliphatic heterocycles. The van der Waals surface area contributed by atoms with Gasteiger partial charge in [-0.15, -0.1) is 0 Å². The summed E-state index contributed by atoms with van der Waals surface area (Å²) in [5, 5.41) is 4.79. The monoisotopic (exact) mass is 467 g/mol. The Kier molecular flexibility index (Phi) is 6.97. The van der Waals surface area contributed by atoms with Gasteiger partial charge in [0.1, 0.15) is 5.75 Å². The number of nitrogens with one attached hydrogen (secondary N) is 1. The molecule has 0 radical (unpaired) electrons. The fourth-order valence-corrected chi connectivity index (χ4v) is 5.44. The third-order valence-electron chi connectivity index (χ3n) is 5.92. The molecule has 1 saturated heterocycles. The first-order valence-electron chi connectivity index (χ1n) is 11.2. The van der Waals surface area contributed by atoms with Crippen LogP contribution in [0.2, 0.25) is 0 Å². The van der Waals surface area contributed by atoms with Crippen molar-refractivity contribution in [3.63, 3.8) is 0 Å². The SMILES string of the molecule is CCOc1cc2ccccc2cc1C(=O)Nc1ccc(S(=O)(=O)N2CCN(CC)CC2)cc1. The van der Waals surface area contributed by atoms with Crippen LogP contribution in [0.25, 0.3) is 10.8 Å². The van der Waals surface area contributed by atoms with Gasteiger partial charge in [-0.05, 0) is 60.6 Å². The maximum Gasteiger partial charge on any atom is 0.259 e. The first kappa shape index (κ1) is 23.2. The molecule has 8 heteroatoms. The number of amides is 1. The number of piperazine rings is 1.